The van der Waals surface area contributed by atoms with E-state index in [0.717, 1.165) is 5.56 Å². The SMILES string of the molecule is CC(C)(C)NCC(O)Cc1cccc(Cl)c1. The number of hydrogen-bond donors (Lipinski definition) is 2. The third-order valence-corrected chi connectivity index (χ3v) is 2.46. The van der Waals surface area contributed by atoms with E-state index in [0.29, 0.717) is 18.0 Å². The molecule has 0 bridgehead atoms. The van der Waals surface area contributed by atoms with Gasteiger partial charge in [-0.05, 0) is 44.9 Å². The number of aliphatic hydroxyl groups excluding tert-OH is 1. The molecule has 2 nitrogen and oxygen atoms in total. The lowest BCUT2D eigenvalue weighted by atomic mass is 10.1. The summed E-state index contributed by atoms with van der Waals surface area (Å²) in [7, 11) is 0. The van der Waals surface area contributed by atoms with Crippen LogP contribution in [0.2, 0.25) is 5.02 Å². The first kappa shape index (κ1) is 13.5. The summed E-state index contributed by atoms with van der Waals surface area (Å²) in [6.45, 7) is 6.84. The highest BCUT2D eigenvalue weighted by Crippen LogP contribution is 2.12. The summed E-state index contributed by atoms with van der Waals surface area (Å²) in [6.07, 6.45) is 0.251. The van der Waals surface area contributed by atoms with Gasteiger partial charge in [-0.15, -0.1) is 0 Å². The standard InChI is InChI=1S/C13H20ClNO/c1-13(2,3)15-9-12(16)8-10-5-4-6-11(14)7-10/h4-7,12,15-16H,8-9H2,1-3H3. The van der Waals surface area contributed by atoms with E-state index in [-0.39, 0.29) is 11.6 Å². The Balaban J connectivity index is 2.43. The normalized spacial score (nSPS) is 13.8. The summed E-state index contributed by atoms with van der Waals surface area (Å²) < 4.78 is 0. The van der Waals surface area contributed by atoms with Gasteiger partial charge in [-0.25, -0.2) is 0 Å². The molecule has 1 unspecified atom stereocenters. The van der Waals surface area contributed by atoms with Crippen molar-refractivity contribution in [2.24, 2.45) is 0 Å². The van der Waals surface area contributed by atoms with Crippen molar-refractivity contribution >= 4 is 11.6 Å². The molecule has 1 aromatic carbocycles. The lowest BCUT2D eigenvalue weighted by Crippen LogP contribution is -2.41. The summed E-state index contributed by atoms with van der Waals surface area (Å²) >= 11 is 5.88. The molecule has 0 aromatic heterocycles. The number of halogens is 1. The predicted octanol–water partition coefficient (Wildman–Crippen LogP) is 2.63. The first-order valence-corrected chi connectivity index (χ1v) is 5.92. The van der Waals surface area contributed by atoms with E-state index in [1.807, 2.05) is 24.3 Å². The quantitative estimate of drug-likeness (QED) is 0.850. The van der Waals surface area contributed by atoms with Gasteiger partial charge in [0.1, 0.15) is 0 Å². The monoisotopic (exact) mass is 241 g/mol. The Morgan fingerprint density at radius 1 is 1.38 bits per heavy atom. The summed E-state index contributed by atoms with van der Waals surface area (Å²) in [5.74, 6) is 0. The minimum absolute atomic E-state index is 0.0370. The fraction of sp³-hybridized carbons (Fsp3) is 0.538. The second-order valence-electron chi connectivity index (χ2n) is 5.12. The maximum atomic E-state index is 9.85. The minimum Gasteiger partial charge on any atom is -0.391 e. The fourth-order valence-corrected chi connectivity index (χ4v) is 1.65. The average molecular weight is 242 g/mol. The zero-order valence-corrected chi connectivity index (χ0v) is 10.9. The molecule has 1 rings (SSSR count). The van der Waals surface area contributed by atoms with Crippen LogP contribution in [0, 0.1) is 0 Å². The van der Waals surface area contributed by atoms with Crippen LogP contribution in [0.15, 0.2) is 24.3 Å². The first-order valence-electron chi connectivity index (χ1n) is 5.54. The van der Waals surface area contributed by atoms with E-state index < -0.39 is 0 Å². The van der Waals surface area contributed by atoms with Gasteiger partial charge in [0.25, 0.3) is 0 Å². The largest absolute Gasteiger partial charge is 0.391 e. The van der Waals surface area contributed by atoms with Gasteiger partial charge in [-0.2, -0.15) is 0 Å². The van der Waals surface area contributed by atoms with Crippen molar-refractivity contribution in [3.63, 3.8) is 0 Å². The van der Waals surface area contributed by atoms with Crippen LogP contribution >= 0.6 is 11.6 Å². The topological polar surface area (TPSA) is 32.3 Å². The molecule has 16 heavy (non-hydrogen) atoms. The molecule has 0 heterocycles. The summed E-state index contributed by atoms with van der Waals surface area (Å²) in [5.41, 5.74) is 1.10. The molecular formula is C13H20ClNO. The second-order valence-corrected chi connectivity index (χ2v) is 5.56. The smallest absolute Gasteiger partial charge is 0.0705 e. The molecule has 1 aromatic rings. The Morgan fingerprint density at radius 3 is 2.62 bits per heavy atom. The van der Waals surface area contributed by atoms with Crippen molar-refractivity contribution in [3.05, 3.63) is 34.9 Å². The van der Waals surface area contributed by atoms with Crippen LogP contribution in [0.25, 0.3) is 0 Å². The van der Waals surface area contributed by atoms with E-state index in [2.05, 4.69) is 26.1 Å². The van der Waals surface area contributed by atoms with Crippen molar-refractivity contribution < 1.29 is 5.11 Å². The molecule has 0 aliphatic carbocycles. The molecule has 0 aliphatic heterocycles. The maximum absolute atomic E-state index is 9.85. The molecular weight excluding hydrogens is 222 g/mol. The molecule has 0 saturated heterocycles. The zero-order valence-electron chi connectivity index (χ0n) is 10.1. The van der Waals surface area contributed by atoms with E-state index in [4.69, 9.17) is 11.6 Å². The van der Waals surface area contributed by atoms with Crippen molar-refractivity contribution in [3.8, 4) is 0 Å². The van der Waals surface area contributed by atoms with Crippen LogP contribution in [0.5, 0.6) is 0 Å². The second kappa shape index (κ2) is 5.67. The van der Waals surface area contributed by atoms with Gasteiger partial charge >= 0.3 is 0 Å². The molecule has 2 N–H and O–H groups in total. The number of rotatable bonds is 4. The van der Waals surface area contributed by atoms with E-state index in [1.165, 1.54) is 0 Å². The van der Waals surface area contributed by atoms with E-state index >= 15 is 0 Å². The Labute approximate surface area is 103 Å². The predicted molar refractivity (Wildman–Crippen MR) is 68.9 cm³/mol. The minimum atomic E-state index is -0.377. The van der Waals surface area contributed by atoms with Gasteiger partial charge in [0.05, 0.1) is 6.10 Å². The fourth-order valence-electron chi connectivity index (χ4n) is 1.43. The van der Waals surface area contributed by atoms with E-state index in [1.54, 1.807) is 0 Å². The maximum Gasteiger partial charge on any atom is 0.0705 e. The van der Waals surface area contributed by atoms with Crippen molar-refractivity contribution in [1.82, 2.24) is 5.32 Å². The number of β-amino-alcohol motifs (C(OH)–C–C–N with tert-alkyl or cyclic N) is 1. The summed E-state index contributed by atoms with van der Waals surface area (Å²) in [6, 6.07) is 7.61. The molecule has 90 valence electrons. The van der Waals surface area contributed by atoms with Gasteiger partial charge in [0.2, 0.25) is 0 Å². The van der Waals surface area contributed by atoms with Crippen LogP contribution in [0.1, 0.15) is 26.3 Å². The molecule has 3 heteroatoms. The van der Waals surface area contributed by atoms with Gasteiger partial charge in [-0.1, -0.05) is 23.7 Å². The van der Waals surface area contributed by atoms with Crippen molar-refractivity contribution in [1.29, 1.82) is 0 Å². The molecule has 0 aliphatic rings. The number of aliphatic hydroxyl groups is 1. The summed E-state index contributed by atoms with van der Waals surface area (Å²) in [4.78, 5) is 0. The Kier molecular flexibility index (Phi) is 4.78. The van der Waals surface area contributed by atoms with Crippen LogP contribution in [0.4, 0.5) is 0 Å². The van der Waals surface area contributed by atoms with Gasteiger partial charge in [0.15, 0.2) is 0 Å². The van der Waals surface area contributed by atoms with Gasteiger partial charge in [0, 0.05) is 17.1 Å². The third-order valence-electron chi connectivity index (χ3n) is 2.23. The lowest BCUT2D eigenvalue weighted by Gasteiger charge is -2.22. The van der Waals surface area contributed by atoms with Crippen molar-refractivity contribution in [2.45, 2.75) is 38.8 Å². The van der Waals surface area contributed by atoms with E-state index in [9.17, 15) is 5.11 Å². The highest BCUT2D eigenvalue weighted by Gasteiger charge is 2.12. The van der Waals surface area contributed by atoms with Crippen LogP contribution in [-0.2, 0) is 6.42 Å². The lowest BCUT2D eigenvalue weighted by molar-refractivity contribution is 0.161. The Bertz CT molecular complexity index is 333. The summed E-state index contributed by atoms with van der Waals surface area (Å²) in [5, 5.41) is 13.8. The molecule has 0 spiro atoms. The van der Waals surface area contributed by atoms with Gasteiger partial charge in [-0.3, -0.25) is 0 Å². The Morgan fingerprint density at radius 2 is 2.06 bits per heavy atom. The first-order chi connectivity index (χ1) is 7.37. The molecule has 0 amide bonds. The van der Waals surface area contributed by atoms with Crippen LogP contribution in [0.3, 0.4) is 0 Å². The Hall–Kier alpha value is -0.570. The number of benzene rings is 1. The highest BCUT2D eigenvalue weighted by molar-refractivity contribution is 6.30. The molecule has 0 radical (unpaired) electrons. The zero-order chi connectivity index (χ0) is 12.2. The van der Waals surface area contributed by atoms with Gasteiger partial charge < -0.3 is 10.4 Å². The number of nitrogens with one attached hydrogen (secondary N) is 1. The van der Waals surface area contributed by atoms with Crippen LogP contribution < -0.4 is 5.32 Å². The third kappa shape index (κ3) is 5.50. The number of hydrogen-bond acceptors (Lipinski definition) is 2. The average Bonchev–Trinajstić information content (AvgIpc) is 2.14. The molecule has 1 atom stereocenters. The van der Waals surface area contributed by atoms with Crippen molar-refractivity contribution in [2.75, 3.05) is 6.54 Å². The molecule has 0 fully saturated rings. The van der Waals surface area contributed by atoms with Crippen LogP contribution in [-0.4, -0.2) is 23.3 Å². The molecule has 0 saturated carbocycles. The highest BCUT2D eigenvalue weighted by atomic mass is 35.5.